The van der Waals surface area contributed by atoms with Crippen molar-refractivity contribution in [1.82, 2.24) is 0 Å². The van der Waals surface area contributed by atoms with Gasteiger partial charge in [0.15, 0.2) is 0 Å². The fourth-order valence-electron chi connectivity index (χ4n) is 1.82. The van der Waals surface area contributed by atoms with Crippen molar-refractivity contribution in [1.29, 1.82) is 0 Å². The third-order valence-electron chi connectivity index (χ3n) is 2.68. The third-order valence-corrected chi connectivity index (χ3v) is 2.68. The minimum Gasteiger partial charge on any atom is -0.207 e. The summed E-state index contributed by atoms with van der Waals surface area (Å²) in [5.41, 5.74) is 10.3. The number of benzene rings is 2. The number of azide groups is 1. The van der Waals surface area contributed by atoms with Crippen molar-refractivity contribution in [3.63, 3.8) is 0 Å². The molecule has 0 spiro atoms. The third kappa shape index (κ3) is 3.67. The standard InChI is InChI=1S/C15H11F2N3/c16-13-8-11(9-14(17)10-13)4-3-6-12-5-1-2-7-15(12)19-20-18/h1-5,7-10H,6H2. The molecular formula is C15H11F2N3. The second kappa shape index (κ2) is 6.50. The fraction of sp³-hybridized carbons (Fsp3) is 0.0667. The summed E-state index contributed by atoms with van der Waals surface area (Å²) < 4.78 is 26.0. The minimum absolute atomic E-state index is 0.448. The van der Waals surface area contributed by atoms with Gasteiger partial charge in [0, 0.05) is 16.7 Å². The average Bonchev–Trinajstić information content (AvgIpc) is 2.40. The molecule has 5 heteroatoms. The van der Waals surface area contributed by atoms with Crippen molar-refractivity contribution in [3.05, 3.63) is 81.7 Å². The van der Waals surface area contributed by atoms with Gasteiger partial charge in [0.25, 0.3) is 0 Å². The number of halogens is 2. The van der Waals surface area contributed by atoms with Gasteiger partial charge in [-0.15, -0.1) is 0 Å². The van der Waals surface area contributed by atoms with Crippen molar-refractivity contribution >= 4 is 11.8 Å². The Kier molecular flexibility index (Phi) is 4.47. The normalized spacial score (nSPS) is 10.5. The van der Waals surface area contributed by atoms with E-state index in [0.29, 0.717) is 17.7 Å². The maximum atomic E-state index is 13.0. The van der Waals surface area contributed by atoms with Crippen LogP contribution in [0.25, 0.3) is 16.5 Å². The van der Waals surface area contributed by atoms with Crippen molar-refractivity contribution in [3.8, 4) is 0 Å². The molecule has 0 aliphatic heterocycles. The molecule has 0 saturated carbocycles. The largest absolute Gasteiger partial charge is 0.207 e. The lowest BCUT2D eigenvalue weighted by Crippen LogP contribution is -1.83. The van der Waals surface area contributed by atoms with Gasteiger partial charge in [0.1, 0.15) is 11.6 Å². The number of rotatable bonds is 4. The summed E-state index contributed by atoms with van der Waals surface area (Å²) in [4.78, 5) is 2.76. The van der Waals surface area contributed by atoms with Gasteiger partial charge in [-0.3, -0.25) is 0 Å². The van der Waals surface area contributed by atoms with Crippen LogP contribution in [0, 0.1) is 11.6 Å². The molecule has 20 heavy (non-hydrogen) atoms. The van der Waals surface area contributed by atoms with Gasteiger partial charge in [-0.2, -0.15) is 0 Å². The molecule has 100 valence electrons. The Morgan fingerprint density at radius 1 is 1.10 bits per heavy atom. The molecule has 0 saturated heterocycles. The van der Waals surface area contributed by atoms with E-state index >= 15 is 0 Å². The van der Waals surface area contributed by atoms with Crippen molar-refractivity contribution in [2.75, 3.05) is 0 Å². The predicted octanol–water partition coefficient (Wildman–Crippen LogP) is 5.16. The van der Waals surface area contributed by atoms with Crippen molar-refractivity contribution < 1.29 is 8.78 Å². The van der Waals surface area contributed by atoms with Gasteiger partial charge < -0.3 is 0 Å². The summed E-state index contributed by atoms with van der Waals surface area (Å²) in [6, 6.07) is 10.5. The lowest BCUT2D eigenvalue weighted by molar-refractivity contribution is 0.583. The van der Waals surface area contributed by atoms with Crippen LogP contribution in [-0.2, 0) is 6.42 Å². The summed E-state index contributed by atoms with van der Waals surface area (Å²) >= 11 is 0. The zero-order valence-electron chi connectivity index (χ0n) is 10.5. The van der Waals surface area contributed by atoms with Gasteiger partial charge in [0.05, 0.1) is 0 Å². The Hall–Kier alpha value is -2.65. The Morgan fingerprint density at radius 2 is 1.80 bits per heavy atom. The first-order valence-corrected chi connectivity index (χ1v) is 5.94. The summed E-state index contributed by atoms with van der Waals surface area (Å²) in [6.45, 7) is 0. The molecule has 0 aliphatic rings. The number of hydrogen-bond donors (Lipinski definition) is 0. The molecule has 0 heterocycles. The molecule has 0 aliphatic carbocycles. The van der Waals surface area contributed by atoms with Crippen LogP contribution in [-0.4, -0.2) is 0 Å². The van der Waals surface area contributed by atoms with Crippen LogP contribution >= 0.6 is 0 Å². The van der Waals surface area contributed by atoms with Crippen LogP contribution < -0.4 is 0 Å². The second-order valence-electron chi connectivity index (χ2n) is 4.13. The first kappa shape index (κ1) is 13.8. The van der Waals surface area contributed by atoms with E-state index in [1.807, 2.05) is 12.1 Å². The molecule has 0 fully saturated rings. The average molecular weight is 271 g/mol. The fourth-order valence-corrected chi connectivity index (χ4v) is 1.82. The topological polar surface area (TPSA) is 48.8 Å². The Morgan fingerprint density at radius 3 is 2.50 bits per heavy atom. The van der Waals surface area contributed by atoms with E-state index in [4.69, 9.17) is 5.53 Å². The van der Waals surface area contributed by atoms with Crippen LogP contribution in [0.1, 0.15) is 11.1 Å². The van der Waals surface area contributed by atoms with Gasteiger partial charge in [-0.05, 0) is 35.2 Å². The molecular weight excluding hydrogens is 260 g/mol. The summed E-state index contributed by atoms with van der Waals surface area (Å²) in [5.74, 6) is -1.22. The lowest BCUT2D eigenvalue weighted by Gasteiger charge is -2.01. The van der Waals surface area contributed by atoms with Crippen LogP contribution in [0.2, 0.25) is 0 Å². The zero-order chi connectivity index (χ0) is 14.4. The molecule has 0 N–H and O–H groups in total. The summed E-state index contributed by atoms with van der Waals surface area (Å²) in [7, 11) is 0. The molecule has 0 atom stereocenters. The van der Waals surface area contributed by atoms with E-state index < -0.39 is 11.6 Å². The molecule has 2 rings (SSSR count). The Bertz CT molecular complexity index is 669. The maximum Gasteiger partial charge on any atom is 0.126 e. The maximum absolute atomic E-state index is 13.0. The molecule has 0 radical (unpaired) electrons. The van der Waals surface area contributed by atoms with Gasteiger partial charge in [-0.1, -0.05) is 41.5 Å². The van der Waals surface area contributed by atoms with E-state index in [0.717, 1.165) is 11.6 Å². The van der Waals surface area contributed by atoms with E-state index in [2.05, 4.69) is 10.0 Å². The highest BCUT2D eigenvalue weighted by atomic mass is 19.1. The number of nitrogens with zero attached hydrogens (tertiary/aromatic N) is 3. The van der Waals surface area contributed by atoms with Crippen LogP contribution in [0.5, 0.6) is 0 Å². The molecule has 3 nitrogen and oxygen atoms in total. The molecule has 2 aromatic rings. The van der Waals surface area contributed by atoms with E-state index in [-0.39, 0.29) is 0 Å². The molecule has 0 aromatic heterocycles. The molecule has 0 unspecified atom stereocenters. The van der Waals surface area contributed by atoms with Crippen molar-refractivity contribution in [2.45, 2.75) is 6.42 Å². The summed E-state index contributed by atoms with van der Waals surface area (Å²) in [6.07, 6.45) is 3.90. The van der Waals surface area contributed by atoms with Crippen molar-refractivity contribution in [2.24, 2.45) is 5.11 Å². The summed E-state index contributed by atoms with van der Waals surface area (Å²) in [5, 5.41) is 3.59. The van der Waals surface area contributed by atoms with Crippen LogP contribution in [0.3, 0.4) is 0 Å². The quantitative estimate of drug-likeness (QED) is 0.419. The smallest absolute Gasteiger partial charge is 0.126 e. The zero-order valence-corrected chi connectivity index (χ0v) is 10.5. The number of allylic oxidation sites excluding steroid dienone is 1. The van der Waals surface area contributed by atoms with E-state index in [1.54, 1.807) is 24.3 Å². The van der Waals surface area contributed by atoms with Crippen LogP contribution in [0.15, 0.2) is 53.7 Å². The van der Waals surface area contributed by atoms with Crippen LogP contribution in [0.4, 0.5) is 14.5 Å². The first-order valence-electron chi connectivity index (χ1n) is 5.94. The highest BCUT2D eigenvalue weighted by Gasteiger charge is 1.99. The number of hydrogen-bond acceptors (Lipinski definition) is 1. The van der Waals surface area contributed by atoms with Gasteiger partial charge >= 0.3 is 0 Å². The highest BCUT2D eigenvalue weighted by molar-refractivity contribution is 5.52. The van der Waals surface area contributed by atoms with Gasteiger partial charge in [0.2, 0.25) is 0 Å². The minimum atomic E-state index is -0.612. The van der Waals surface area contributed by atoms with Gasteiger partial charge in [-0.25, -0.2) is 8.78 Å². The SMILES string of the molecule is [N-]=[N+]=Nc1ccccc1CC=Cc1cc(F)cc(F)c1. The van der Waals surface area contributed by atoms with E-state index in [9.17, 15) is 8.78 Å². The first-order chi connectivity index (χ1) is 9.69. The Balaban J connectivity index is 2.16. The Labute approximate surface area is 114 Å². The second-order valence-corrected chi connectivity index (χ2v) is 4.13. The molecule has 0 bridgehead atoms. The van der Waals surface area contributed by atoms with E-state index in [1.165, 1.54) is 12.1 Å². The highest BCUT2D eigenvalue weighted by Crippen LogP contribution is 2.20. The molecule has 2 aromatic carbocycles. The molecule has 0 amide bonds. The lowest BCUT2D eigenvalue weighted by atomic mass is 10.1. The predicted molar refractivity (Wildman–Crippen MR) is 74.3 cm³/mol. The monoisotopic (exact) mass is 271 g/mol.